The first-order valence-corrected chi connectivity index (χ1v) is 7.82. The van der Waals surface area contributed by atoms with Crippen molar-refractivity contribution in [2.45, 2.75) is 24.7 Å². The number of carboxylic acids is 1. The second-order valence-corrected chi connectivity index (χ2v) is 6.00. The zero-order chi connectivity index (χ0) is 17.9. The van der Waals surface area contributed by atoms with Crippen molar-refractivity contribution in [2.75, 3.05) is 6.54 Å². The van der Waals surface area contributed by atoms with E-state index in [1.165, 1.54) is 6.20 Å². The Labute approximate surface area is 144 Å². The quantitative estimate of drug-likeness (QED) is 0.878. The molecule has 0 saturated carbocycles. The molecule has 7 heteroatoms. The lowest BCUT2D eigenvalue weighted by Gasteiger charge is -2.23. The normalized spacial score (nSPS) is 22.6. The summed E-state index contributed by atoms with van der Waals surface area (Å²) in [6.45, 7) is -0.128. The van der Waals surface area contributed by atoms with Gasteiger partial charge in [-0.05, 0) is 11.6 Å². The van der Waals surface area contributed by atoms with Crippen LogP contribution in [0.15, 0.2) is 54.9 Å². The molecule has 130 valence electrons. The van der Waals surface area contributed by atoms with Crippen molar-refractivity contribution in [3.63, 3.8) is 0 Å². The Bertz CT molecular complexity index is 753. The van der Waals surface area contributed by atoms with E-state index in [0.717, 1.165) is 10.5 Å². The predicted molar refractivity (Wildman–Crippen MR) is 87.5 cm³/mol. The number of hydrogen-bond acceptors (Lipinski definition) is 5. The monoisotopic (exact) mass is 342 g/mol. The van der Waals surface area contributed by atoms with Crippen molar-refractivity contribution in [2.24, 2.45) is 0 Å². The molecule has 1 aliphatic rings. The van der Waals surface area contributed by atoms with Crippen LogP contribution in [-0.2, 0) is 21.7 Å². The van der Waals surface area contributed by atoms with Crippen LogP contribution in [-0.4, -0.2) is 44.7 Å². The highest BCUT2D eigenvalue weighted by atomic mass is 16.6. The summed E-state index contributed by atoms with van der Waals surface area (Å²) in [6.07, 6.45) is 2.14. The zero-order valence-electron chi connectivity index (χ0n) is 13.4. The van der Waals surface area contributed by atoms with E-state index in [1.807, 2.05) is 18.2 Å². The van der Waals surface area contributed by atoms with Crippen LogP contribution in [0.3, 0.4) is 0 Å². The van der Waals surface area contributed by atoms with Crippen molar-refractivity contribution in [1.82, 2.24) is 9.88 Å². The zero-order valence-corrected chi connectivity index (χ0v) is 13.4. The van der Waals surface area contributed by atoms with Crippen molar-refractivity contribution in [1.29, 1.82) is 0 Å². The molecule has 0 bridgehead atoms. The Morgan fingerprint density at radius 3 is 2.64 bits per heavy atom. The molecule has 2 atom stereocenters. The first kappa shape index (κ1) is 16.9. The van der Waals surface area contributed by atoms with Gasteiger partial charge in [-0.1, -0.05) is 36.4 Å². The summed E-state index contributed by atoms with van der Waals surface area (Å²) in [7, 11) is 0. The van der Waals surface area contributed by atoms with E-state index < -0.39 is 23.7 Å². The number of benzene rings is 1. The molecule has 1 aromatic heterocycles. The average molecular weight is 342 g/mol. The number of likely N-dealkylation sites (tertiary alicyclic amines) is 1. The molecule has 1 aliphatic heterocycles. The summed E-state index contributed by atoms with van der Waals surface area (Å²) in [5.74, 6) is -1.18. The third kappa shape index (κ3) is 3.61. The molecule has 0 radical (unpaired) electrons. The highest BCUT2D eigenvalue weighted by Gasteiger charge is 2.49. The lowest BCUT2D eigenvalue weighted by molar-refractivity contribution is -0.141. The topological polar surface area (TPSA) is 100.0 Å². The van der Waals surface area contributed by atoms with Gasteiger partial charge in [-0.15, -0.1) is 0 Å². The average Bonchev–Trinajstić information content (AvgIpc) is 3.01. The fraction of sp³-hybridized carbons (Fsp3) is 0.278. The molecule has 2 heterocycles. The van der Waals surface area contributed by atoms with Crippen LogP contribution in [0.2, 0.25) is 0 Å². The molecule has 1 fully saturated rings. The number of carbonyl (C=O) groups is 2. The SMILES string of the molecule is O=C(O)[C@@H]1CC(O)(c2cccnc2)CN1C(=O)OCc1ccccc1. The van der Waals surface area contributed by atoms with Gasteiger partial charge in [-0.25, -0.2) is 9.59 Å². The number of hydrogen-bond donors (Lipinski definition) is 2. The van der Waals surface area contributed by atoms with Crippen LogP contribution < -0.4 is 0 Å². The highest BCUT2D eigenvalue weighted by Crippen LogP contribution is 2.36. The number of ether oxygens (including phenoxy) is 1. The largest absolute Gasteiger partial charge is 0.480 e. The van der Waals surface area contributed by atoms with E-state index in [9.17, 15) is 19.8 Å². The number of β-amino-alcohol motifs (C(OH)–C–C–N with tert-alkyl or cyclic N) is 1. The number of nitrogens with zero attached hydrogens (tertiary/aromatic N) is 2. The maximum Gasteiger partial charge on any atom is 0.410 e. The maximum atomic E-state index is 12.4. The standard InChI is InChI=1S/C18H18N2O5/c21-16(22)15-9-18(24,14-7-4-8-19-10-14)12-20(15)17(23)25-11-13-5-2-1-3-6-13/h1-8,10,15,24H,9,11-12H2,(H,21,22)/t15-,18?/m0/s1. The molecular weight excluding hydrogens is 324 g/mol. The molecule has 2 N–H and O–H groups in total. The van der Waals surface area contributed by atoms with Gasteiger partial charge in [0, 0.05) is 24.4 Å². The highest BCUT2D eigenvalue weighted by molar-refractivity contribution is 5.81. The maximum absolute atomic E-state index is 12.4. The van der Waals surface area contributed by atoms with Crippen molar-refractivity contribution in [3.05, 3.63) is 66.0 Å². The summed E-state index contributed by atoms with van der Waals surface area (Å²) >= 11 is 0. The van der Waals surface area contributed by atoms with E-state index >= 15 is 0 Å². The number of carboxylic acid groups (broad SMARTS) is 1. The van der Waals surface area contributed by atoms with E-state index in [-0.39, 0.29) is 19.6 Å². The lowest BCUT2D eigenvalue weighted by atomic mass is 9.92. The number of aromatic nitrogens is 1. The fourth-order valence-corrected chi connectivity index (χ4v) is 2.95. The summed E-state index contributed by atoms with van der Waals surface area (Å²) < 4.78 is 5.22. The van der Waals surface area contributed by atoms with Crippen LogP contribution >= 0.6 is 0 Å². The minimum absolute atomic E-state index is 0.0355. The Kier molecular flexibility index (Phi) is 4.67. The predicted octanol–water partition coefficient (Wildman–Crippen LogP) is 1.76. The molecule has 2 aromatic rings. The van der Waals surface area contributed by atoms with Crippen LogP contribution in [0.4, 0.5) is 4.79 Å². The Hall–Kier alpha value is -2.93. The van der Waals surface area contributed by atoms with Gasteiger partial charge < -0.3 is 14.9 Å². The van der Waals surface area contributed by atoms with Gasteiger partial charge in [0.2, 0.25) is 0 Å². The van der Waals surface area contributed by atoms with Crippen LogP contribution in [0.1, 0.15) is 17.5 Å². The number of amides is 1. The fourth-order valence-electron chi connectivity index (χ4n) is 2.95. The molecule has 1 amide bonds. The molecule has 1 saturated heterocycles. The van der Waals surface area contributed by atoms with Gasteiger partial charge >= 0.3 is 12.1 Å². The van der Waals surface area contributed by atoms with E-state index in [0.29, 0.717) is 5.56 Å². The lowest BCUT2D eigenvalue weighted by Crippen LogP contribution is -2.41. The number of aliphatic hydroxyl groups is 1. The molecule has 25 heavy (non-hydrogen) atoms. The molecule has 0 spiro atoms. The summed E-state index contributed by atoms with van der Waals surface area (Å²) in [5, 5.41) is 20.3. The Morgan fingerprint density at radius 1 is 1.24 bits per heavy atom. The third-order valence-corrected chi connectivity index (χ3v) is 4.26. The minimum Gasteiger partial charge on any atom is -0.480 e. The summed E-state index contributed by atoms with van der Waals surface area (Å²) in [5.41, 5.74) is -0.202. The van der Waals surface area contributed by atoms with Crippen LogP contribution in [0.5, 0.6) is 0 Å². The van der Waals surface area contributed by atoms with Crippen molar-refractivity contribution in [3.8, 4) is 0 Å². The second-order valence-electron chi connectivity index (χ2n) is 6.00. The molecule has 3 rings (SSSR count). The second kappa shape index (κ2) is 6.90. The minimum atomic E-state index is -1.47. The first-order valence-electron chi connectivity index (χ1n) is 7.82. The molecule has 0 aliphatic carbocycles. The van der Waals surface area contributed by atoms with E-state index in [4.69, 9.17) is 4.74 Å². The third-order valence-electron chi connectivity index (χ3n) is 4.26. The van der Waals surface area contributed by atoms with Crippen molar-refractivity contribution >= 4 is 12.1 Å². The number of pyridine rings is 1. The van der Waals surface area contributed by atoms with Gasteiger partial charge in [0.1, 0.15) is 18.2 Å². The van der Waals surface area contributed by atoms with Gasteiger partial charge in [-0.3, -0.25) is 9.88 Å². The molecule has 1 unspecified atom stereocenters. The van der Waals surface area contributed by atoms with Crippen LogP contribution in [0.25, 0.3) is 0 Å². The summed E-state index contributed by atoms with van der Waals surface area (Å²) in [4.78, 5) is 28.9. The molecular formula is C18H18N2O5. The van der Waals surface area contributed by atoms with E-state index in [2.05, 4.69) is 4.98 Å². The smallest absolute Gasteiger partial charge is 0.410 e. The van der Waals surface area contributed by atoms with Crippen molar-refractivity contribution < 1.29 is 24.5 Å². The molecule has 7 nitrogen and oxygen atoms in total. The molecule has 1 aromatic carbocycles. The van der Waals surface area contributed by atoms with Gasteiger partial charge in [-0.2, -0.15) is 0 Å². The summed E-state index contributed by atoms with van der Waals surface area (Å²) in [6, 6.07) is 11.2. The number of carbonyl (C=O) groups excluding carboxylic acids is 1. The van der Waals surface area contributed by atoms with Gasteiger partial charge in [0.25, 0.3) is 0 Å². The van der Waals surface area contributed by atoms with Gasteiger partial charge in [0.15, 0.2) is 0 Å². The van der Waals surface area contributed by atoms with Gasteiger partial charge in [0.05, 0.1) is 6.54 Å². The van der Waals surface area contributed by atoms with E-state index in [1.54, 1.807) is 30.5 Å². The number of rotatable bonds is 4. The first-order chi connectivity index (χ1) is 12.0. The Balaban J connectivity index is 1.75. The van der Waals surface area contributed by atoms with Crippen LogP contribution in [0, 0.1) is 0 Å². The number of aliphatic carboxylic acids is 1. The Morgan fingerprint density at radius 2 is 2.00 bits per heavy atom.